The highest BCUT2D eigenvalue weighted by molar-refractivity contribution is 5.82. The van der Waals surface area contributed by atoms with Crippen LogP contribution in [0.25, 0.3) is 0 Å². The van der Waals surface area contributed by atoms with Gasteiger partial charge < -0.3 is 29.0 Å². The van der Waals surface area contributed by atoms with Crippen molar-refractivity contribution in [2.75, 3.05) is 26.8 Å². The molecule has 1 N–H and O–H groups in total. The molecule has 34 heavy (non-hydrogen) atoms. The van der Waals surface area contributed by atoms with Crippen LogP contribution in [0.4, 0.5) is 0 Å². The maximum atomic E-state index is 13.2. The van der Waals surface area contributed by atoms with Gasteiger partial charge in [0, 0.05) is 24.4 Å². The number of hydrogen-bond donors (Lipinski definition) is 1. The summed E-state index contributed by atoms with van der Waals surface area (Å²) in [4.78, 5) is 15.0. The standard InChI is InChI=1S/C27H35NO6/c1-18(29)27(4)17-28(25(30)24-16-33-26(2,3)34-24)14-21(27)20-11-12-22(31-5)23(13-20)32-15-19-9-7-6-8-10-19/h6-13,18,21,24,29H,14-17H2,1-5H3/t18-,21+,24+,27+/m1/s1. The summed E-state index contributed by atoms with van der Waals surface area (Å²) >= 11 is 0. The second kappa shape index (κ2) is 9.56. The van der Waals surface area contributed by atoms with Gasteiger partial charge in [0.1, 0.15) is 6.61 Å². The first-order chi connectivity index (χ1) is 16.1. The smallest absolute Gasteiger partial charge is 0.254 e. The van der Waals surface area contributed by atoms with Crippen molar-refractivity contribution in [3.8, 4) is 11.5 Å². The molecular formula is C27H35NO6. The molecular weight excluding hydrogens is 434 g/mol. The molecule has 4 rings (SSSR count). The Kier molecular flexibility index (Phi) is 6.90. The van der Waals surface area contributed by atoms with Crippen molar-refractivity contribution < 1.29 is 28.8 Å². The first-order valence-electron chi connectivity index (χ1n) is 11.8. The van der Waals surface area contributed by atoms with Crippen molar-refractivity contribution in [2.24, 2.45) is 5.41 Å². The number of amides is 1. The van der Waals surface area contributed by atoms with E-state index in [4.69, 9.17) is 18.9 Å². The van der Waals surface area contributed by atoms with E-state index >= 15 is 0 Å². The fraction of sp³-hybridized carbons (Fsp3) is 0.519. The Balaban J connectivity index is 1.57. The summed E-state index contributed by atoms with van der Waals surface area (Å²) in [6.07, 6.45) is -1.25. The van der Waals surface area contributed by atoms with Gasteiger partial charge >= 0.3 is 0 Å². The largest absolute Gasteiger partial charge is 0.493 e. The van der Waals surface area contributed by atoms with E-state index in [2.05, 4.69) is 0 Å². The number of aliphatic hydroxyl groups excluding tert-OH is 1. The number of aliphatic hydroxyl groups is 1. The molecule has 184 valence electrons. The van der Waals surface area contributed by atoms with Gasteiger partial charge in [-0.05, 0) is 44.0 Å². The lowest BCUT2D eigenvalue weighted by molar-refractivity contribution is -0.159. The van der Waals surface area contributed by atoms with Crippen LogP contribution < -0.4 is 9.47 Å². The first-order valence-corrected chi connectivity index (χ1v) is 11.8. The Labute approximate surface area is 201 Å². The van der Waals surface area contributed by atoms with Gasteiger partial charge in [-0.25, -0.2) is 0 Å². The number of benzene rings is 2. The van der Waals surface area contributed by atoms with Crippen molar-refractivity contribution >= 4 is 5.91 Å². The molecule has 0 bridgehead atoms. The maximum absolute atomic E-state index is 13.2. The van der Waals surface area contributed by atoms with Gasteiger partial charge in [0.2, 0.25) is 0 Å². The molecule has 0 aliphatic carbocycles. The Morgan fingerprint density at radius 1 is 1.18 bits per heavy atom. The van der Waals surface area contributed by atoms with Gasteiger partial charge in [-0.1, -0.05) is 43.3 Å². The predicted molar refractivity (Wildman–Crippen MR) is 128 cm³/mol. The van der Waals surface area contributed by atoms with E-state index in [0.29, 0.717) is 31.2 Å². The highest BCUT2D eigenvalue weighted by Gasteiger charge is 2.50. The lowest BCUT2D eigenvalue weighted by Crippen LogP contribution is -2.42. The minimum atomic E-state index is -0.770. The summed E-state index contributed by atoms with van der Waals surface area (Å²) in [5, 5.41) is 10.8. The highest BCUT2D eigenvalue weighted by Crippen LogP contribution is 2.47. The van der Waals surface area contributed by atoms with E-state index in [9.17, 15) is 9.90 Å². The number of carbonyl (C=O) groups excluding carboxylic acids is 1. The number of hydrogen-bond acceptors (Lipinski definition) is 6. The lowest BCUT2D eigenvalue weighted by atomic mass is 9.72. The summed E-state index contributed by atoms with van der Waals surface area (Å²) < 4.78 is 23.0. The van der Waals surface area contributed by atoms with Crippen molar-refractivity contribution in [3.05, 3.63) is 59.7 Å². The molecule has 1 amide bonds. The third kappa shape index (κ3) is 4.92. The monoisotopic (exact) mass is 469 g/mol. The second-order valence-corrected chi connectivity index (χ2v) is 9.96. The Morgan fingerprint density at radius 3 is 2.53 bits per heavy atom. The van der Waals surface area contributed by atoms with Gasteiger partial charge in [0.05, 0.1) is 19.8 Å². The first kappa shape index (κ1) is 24.5. The average Bonchev–Trinajstić information content (AvgIpc) is 3.38. The van der Waals surface area contributed by atoms with Crippen LogP contribution in [0.1, 0.15) is 44.7 Å². The number of nitrogens with zero attached hydrogens (tertiary/aromatic N) is 1. The minimum absolute atomic E-state index is 0.0863. The van der Waals surface area contributed by atoms with Crippen LogP contribution in [0, 0.1) is 5.41 Å². The minimum Gasteiger partial charge on any atom is -0.493 e. The fourth-order valence-electron chi connectivity index (χ4n) is 4.86. The van der Waals surface area contributed by atoms with Crippen LogP contribution >= 0.6 is 0 Å². The van der Waals surface area contributed by atoms with Gasteiger partial charge in [0.15, 0.2) is 23.4 Å². The van der Waals surface area contributed by atoms with Gasteiger partial charge in [-0.15, -0.1) is 0 Å². The summed E-state index contributed by atoms with van der Waals surface area (Å²) in [7, 11) is 1.62. The fourth-order valence-corrected chi connectivity index (χ4v) is 4.86. The zero-order valence-corrected chi connectivity index (χ0v) is 20.6. The number of methoxy groups -OCH3 is 1. The van der Waals surface area contributed by atoms with Crippen molar-refractivity contribution in [1.82, 2.24) is 4.90 Å². The molecule has 0 aromatic heterocycles. The molecule has 2 aliphatic rings. The topological polar surface area (TPSA) is 77.5 Å². The van der Waals surface area contributed by atoms with Crippen molar-refractivity contribution in [3.63, 3.8) is 0 Å². The molecule has 0 spiro atoms. The van der Waals surface area contributed by atoms with Crippen LogP contribution in [0.5, 0.6) is 11.5 Å². The Hall–Kier alpha value is -2.61. The SMILES string of the molecule is COc1ccc([C@@H]2CN(C(=O)[C@@H]3COC(C)(C)O3)C[C@@]2(C)[C@@H](C)O)cc1OCc1ccccc1. The van der Waals surface area contributed by atoms with Gasteiger partial charge in [0.25, 0.3) is 5.91 Å². The molecule has 0 unspecified atom stereocenters. The summed E-state index contributed by atoms with van der Waals surface area (Å²) in [6, 6.07) is 15.8. The van der Waals surface area contributed by atoms with E-state index in [-0.39, 0.29) is 18.4 Å². The molecule has 0 saturated carbocycles. The third-order valence-electron chi connectivity index (χ3n) is 7.11. The molecule has 2 heterocycles. The average molecular weight is 470 g/mol. The van der Waals surface area contributed by atoms with E-state index in [0.717, 1.165) is 11.1 Å². The molecule has 2 saturated heterocycles. The number of rotatable bonds is 7. The molecule has 7 nitrogen and oxygen atoms in total. The van der Waals surface area contributed by atoms with Crippen LogP contribution in [-0.2, 0) is 20.9 Å². The summed E-state index contributed by atoms with van der Waals surface area (Å²) in [6.45, 7) is 8.99. The van der Waals surface area contributed by atoms with Crippen LogP contribution in [0.3, 0.4) is 0 Å². The van der Waals surface area contributed by atoms with E-state index in [1.165, 1.54) is 0 Å². The quantitative estimate of drug-likeness (QED) is 0.666. The van der Waals surface area contributed by atoms with Crippen LogP contribution in [0.15, 0.2) is 48.5 Å². The molecule has 2 aromatic carbocycles. The summed E-state index contributed by atoms with van der Waals surface area (Å²) in [5.41, 5.74) is 1.52. The molecule has 7 heteroatoms. The summed E-state index contributed by atoms with van der Waals surface area (Å²) in [5.74, 6) is 0.318. The van der Waals surface area contributed by atoms with Gasteiger partial charge in [-0.2, -0.15) is 0 Å². The molecule has 2 aliphatic heterocycles. The number of ether oxygens (including phenoxy) is 4. The normalized spacial score (nSPS) is 26.9. The zero-order chi connectivity index (χ0) is 24.5. The molecule has 2 aromatic rings. The maximum Gasteiger partial charge on any atom is 0.254 e. The Morgan fingerprint density at radius 2 is 1.91 bits per heavy atom. The highest BCUT2D eigenvalue weighted by atomic mass is 16.7. The Bertz CT molecular complexity index is 1010. The number of likely N-dealkylation sites (tertiary alicyclic amines) is 1. The third-order valence-corrected chi connectivity index (χ3v) is 7.11. The second-order valence-electron chi connectivity index (χ2n) is 9.96. The van der Waals surface area contributed by atoms with Crippen LogP contribution in [-0.4, -0.2) is 60.7 Å². The molecule has 2 fully saturated rings. The predicted octanol–water partition coefficient (Wildman–Crippen LogP) is 3.74. The zero-order valence-electron chi connectivity index (χ0n) is 20.6. The number of carbonyl (C=O) groups is 1. The van der Waals surface area contributed by atoms with Crippen LogP contribution in [0.2, 0.25) is 0 Å². The van der Waals surface area contributed by atoms with Crippen molar-refractivity contribution in [1.29, 1.82) is 0 Å². The molecule has 4 atom stereocenters. The lowest BCUT2D eigenvalue weighted by Gasteiger charge is -2.34. The van der Waals surface area contributed by atoms with E-state index in [1.54, 1.807) is 32.8 Å². The van der Waals surface area contributed by atoms with E-state index < -0.39 is 23.4 Å². The molecule has 0 radical (unpaired) electrons. The van der Waals surface area contributed by atoms with Gasteiger partial charge in [-0.3, -0.25) is 4.79 Å². The van der Waals surface area contributed by atoms with E-state index in [1.807, 2.05) is 55.5 Å². The van der Waals surface area contributed by atoms with Crippen molar-refractivity contribution in [2.45, 2.75) is 58.2 Å².